The summed E-state index contributed by atoms with van der Waals surface area (Å²) in [5, 5.41) is 0. The molecule has 1 heteroatoms. The van der Waals surface area contributed by atoms with Crippen molar-refractivity contribution < 1.29 is 0 Å². The topological polar surface area (TPSA) is 0 Å². The van der Waals surface area contributed by atoms with Crippen LogP contribution in [-0.4, -0.2) is 13.6 Å². The van der Waals surface area contributed by atoms with Crippen molar-refractivity contribution in [2.45, 2.75) is 17.1 Å². The van der Waals surface area contributed by atoms with Crippen molar-refractivity contribution in [1.29, 1.82) is 0 Å². The van der Waals surface area contributed by atoms with Gasteiger partial charge in [-0.15, -0.1) is 0 Å². The second-order valence-corrected chi connectivity index (χ2v) is 15.7. The van der Waals surface area contributed by atoms with Crippen LogP contribution in [0.4, 0.5) is 0 Å². The molecule has 2 aromatic carbocycles. The molecule has 0 heterocycles. The van der Waals surface area contributed by atoms with Gasteiger partial charge in [-0.1, -0.05) is 0 Å². The molecule has 0 aliphatic carbocycles. The van der Waals surface area contributed by atoms with E-state index in [1.54, 1.807) is 4.35 Å². The Morgan fingerprint density at radius 2 is 1.25 bits per heavy atom. The Bertz CT molecular complexity index is 466. The number of benzene rings is 2. The van der Waals surface area contributed by atoms with Crippen LogP contribution in [0.2, 0.25) is 17.1 Å². The quantitative estimate of drug-likeness (QED) is 0.734. The van der Waals surface area contributed by atoms with E-state index in [2.05, 4.69) is 71.7 Å². The van der Waals surface area contributed by atoms with Crippen molar-refractivity contribution in [3.8, 4) is 11.1 Å². The van der Waals surface area contributed by atoms with E-state index in [0.717, 1.165) is 0 Å². The Balaban J connectivity index is 2.58. The summed E-state index contributed by atoms with van der Waals surface area (Å²) in [5.74, 6) is 0. The Labute approximate surface area is 101 Å². The van der Waals surface area contributed by atoms with Gasteiger partial charge in [-0.2, -0.15) is 0 Å². The predicted octanol–water partition coefficient (Wildman–Crippen LogP) is 3.63. The molecule has 0 aliphatic rings. The summed E-state index contributed by atoms with van der Waals surface area (Å²) >= 11 is -1.77. The van der Waals surface area contributed by atoms with Crippen molar-refractivity contribution >= 4 is 17.9 Å². The summed E-state index contributed by atoms with van der Waals surface area (Å²) in [6.07, 6.45) is 0. The average molecular weight is 274 g/mol. The van der Waals surface area contributed by atoms with E-state index in [-0.39, 0.29) is 0 Å². The molecule has 0 radical (unpaired) electrons. The van der Waals surface area contributed by atoms with E-state index in [4.69, 9.17) is 0 Å². The van der Waals surface area contributed by atoms with Crippen LogP contribution in [0, 0.1) is 0 Å². The van der Waals surface area contributed by atoms with Gasteiger partial charge < -0.3 is 0 Å². The molecular formula is C15H19As. The van der Waals surface area contributed by atoms with Crippen LogP contribution >= 0.6 is 0 Å². The van der Waals surface area contributed by atoms with E-state index in [0.29, 0.717) is 0 Å². The summed E-state index contributed by atoms with van der Waals surface area (Å²) in [4.78, 5) is 0. The Morgan fingerprint density at radius 3 is 1.88 bits per heavy atom. The van der Waals surface area contributed by atoms with Crippen molar-refractivity contribution in [2.24, 2.45) is 0 Å². The normalized spacial score (nSPS) is 12.4. The second kappa shape index (κ2) is 4.47. The van der Waals surface area contributed by atoms with Crippen molar-refractivity contribution in [3.63, 3.8) is 0 Å². The zero-order valence-corrected chi connectivity index (χ0v) is 12.3. The number of rotatable bonds is 2. The first-order valence-electron chi connectivity index (χ1n) is 5.74. The molecule has 0 bridgehead atoms. The Kier molecular flexibility index (Phi) is 3.21. The molecule has 84 valence electrons. The first kappa shape index (κ1) is 11.5. The number of hydrogen-bond donors (Lipinski definition) is 0. The monoisotopic (exact) mass is 274 g/mol. The van der Waals surface area contributed by atoms with Gasteiger partial charge >= 0.3 is 101 Å². The van der Waals surface area contributed by atoms with E-state index < -0.39 is 13.6 Å². The predicted molar refractivity (Wildman–Crippen MR) is 76.3 cm³/mol. The van der Waals surface area contributed by atoms with E-state index in [1.165, 1.54) is 11.1 Å². The standard InChI is InChI=1S/C15H19As/c1-16(2,3)15-12-8-7-11-14(15)13-9-5-4-6-10-13/h4-12,16H,1-3H3. The fourth-order valence-electron chi connectivity index (χ4n) is 2.01. The molecular weight excluding hydrogens is 255 g/mol. The molecule has 0 amide bonds. The molecule has 0 aliphatic heterocycles. The maximum absolute atomic E-state index is 2.45. The summed E-state index contributed by atoms with van der Waals surface area (Å²) in [5.41, 5.74) is 10.1. The van der Waals surface area contributed by atoms with Gasteiger partial charge in [-0.3, -0.25) is 0 Å². The summed E-state index contributed by atoms with van der Waals surface area (Å²) in [7, 11) is 0. The molecule has 0 spiro atoms. The van der Waals surface area contributed by atoms with Crippen LogP contribution in [0.15, 0.2) is 54.6 Å². The third-order valence-corrected chi connectivity index (χ3v) is 7.13. The first-order chi connectivity index (χ1) is 7.59. The van der Waals surface area contributed by atoms with Crippen LogP contribution < -0.4 is 4.35 Å². The van der Waals surface area contributed by atoms with Crippen molar-refractivity contribution in [2.75, 3.05) is 0 Å². The summed E-state index contributed by atoms with van der Waals surface area (Å²) in [6, 6.07) is 19.6. The summed E-state index contributed by atoms with van der Waals surface area (Å²) < 4.78 is 1.59. The average Bonchev–Trinajstić information content (AvgIpc) is 2.29. The van der Waals surface area contributed by atoms with E-state index >= 15 is 0 Å². The minimum atomic E-state index is -1.77. The number of hydrogen-bond acceptors (Lipinski definition) is 0. The molecule has 0 saturated heterocycles. The fourth-order valence-corrected chi connectivity index (χ4v) is 5.43. The second-order valence-electron chi connectivity index (χ2n) is 5.16. The molecule has 0 saturated carbocycles. The third-order valence-electron chi connectivity index (χ3n) is 2.82. The van der Waals surface area contributed by atoms with Gasteiger partial charge in [0.2, 0.25) is 0 Å². The Hall–Kier alpha value is -1.00. The van der Waals surface area contributed by atoms with Gasteiger partial charge in [-0.05, 0) is 0 Å². The van der Waals surface area contributed by atoms with Crippen molar-refractivity contribution in [1.82, 2.24) is 0 Å². The molecule has 0 fully saturated rings. The van der Waals surface area contributed by atoms with Gasteiger partial charge in [0.1, 0.15) is 0 Å². The third kappa shape index (κ3) is 2.39. The van der Waals surface area contributed by atoms with Crippen molar-refractivity contribution in [3.05, 3.63) is 54.6 Å². The van der Waals surface area contributed by atoms with Gasteiger partial charge in [0.05, 0.1) is 0 Å². The molecule has 0 nitrogen and oxygen atoms in total. The fraction of sp³-hybridized carbons (Fsp3) is 0.200. The van der Waals surface area contributed by atoms with E-state index in [1.807, 2.05) is 0 Å². The van der Waals surface area contributed by atoms with Gasteiger partial charge in [0, 0.05) is 0 Å². The molecule has 0 unspecified atom stereocenters. The van der Waals surface area contributed by atoms with Crippen LogP contribution in [0.3, 0.4) is 0 Å². The van der Waals surface area contributed by atoms with Gasteiger partial charge in [-0.25, -0.2) is 0 Å². The Morgan fingerprint density at radius 1 is 0.688 bits per heavy atom. The SMILES string of the molecule is C[AsH](C)(C)c1ccccc1-c1ccccc1. The molecule has 0 N–H and O–H groups in total. The minimum absolute atomic E-state index is 1.35. The van der Waals surface area contributed by atoms with Gasteiger partial charge in [0.25, 0.3) is 0 Å². The van der Waals surface area contributed by atoms with Crippen LogP contribution in [0.5, 0.6) is 0 Å². The zero-order chi connectivity index (χ0) is 11.6. The molecule has 2 aromatic rings. The van der Waals surface area contributed by atoms with E-state index in [9.17, 15) is 0 Å². The van der Waals surface area contributed by atoms with Gasteiger partial charge in [0.15, 0.2) is 0 Å². The molecule has 0 aromatic heterocycles. The molecule has 0 atom stereocenters. The zero-order valence-electron chi connectivity index (χ0n) is 10.2. The van der Waals surface area contributed by atoms with Crippen LogP contribution in [-0.2, 0) is 0 Å². The van der Waals surface area contributed by atoms with Crippen LogP contribution in [0.1, 0.15) is 0 Å². The maximum atomic E-state index is 2.45. The molecule has 2 rings (SSSR count). The van der Waals surface area contributed by atoms with Crippen LogP contribution in [0.25, 0.3) is 11.1 Å². The molecule has 16 heavy (non-hydrogen) atoms. The summed E-state index contributed by atoms with van der Waals surface area (Å²) in [6.45, 7) is 0. The first-order valence-corrected chi connectivity index (χ1v) is 13.1.